The van der Waals surface area contributed by atoms with E-state index in [4.69, 9.17) is 14.2 Å². The summed E-state index contributed by atoms with van der Waals surface area (Å²) in [6.07, 6.45) is 64.9. The number of carboxylic acid groups (broad SMARTS) is 1. The van der Waals surface area contributed by atoms with Gasteiger partial charge < -0.3 is 23.8 Å². The Morgan fingerprint density at radius 1 is 0.500 bits per heavy atom. The molecule has 0 aromatic rings. The van der Waals surface area contributed by atoms with Crippen LogP contribution in [0.5, 0.6) is 0 Å². The third-order valence-corrected chi connectivity index (χ3v) is 9.98. The van der Waals surface area contributed by atoms with Crippen molar-refractivity contribution in [3.05, 3.63) is 134 Å². The molecule has 0 rings (SSSR count). The lowest BCUT2D eigenvalue weighted by atomic mass is 10.1. The number of hydrogen-bond donors (Lipinski definition) is 1. The summed E-state index contributed by atoms with van der Waals surface area (Å²) in [6, 6.07) is -0.636. The highest BCUT2D eigenvalue weighted by Gasteiger charge is 2.31. The van der Waals surface area contributed by atoms with Gasteiger partial charge in [-0.05, 0) is 77.0 Å². The first-order chi connectivity index (χ1) is 31.1. The summed E-state index contributed by atoms with van der Waals surface area (Å²) in [5, 5.41) is 9.65. The first kappa shape index (κ1) is 59.5. The number of allylic oxidation sites excluding steroid dienone is 22. The van der Waals surface area contributed by atoms with Gasteiger partial charge in [0.05, 0.1) is 34.4 Å². The first-order valence-corrected chi connectivity index (χ1v) is 24.3. The van der Waals surface area contributed by atoms with Crippen molar-refractivity contribution >= 4 is 17.9 Å². The summed E-state index contributed by atoms with van der Waals surface area (Å²) in [6.45, 7) is 4.46. The molecule has 0 aromatic heterocycles. The second-order valence-electron chi connectivity index (χ2n) is 16.8. The molecule has 0 aliphatic heterocycles. The molecule has 8 heteroatoms. The number of carbonyl (C=O) groups is 3. The summed E-state index contributed by atoms with van der Waals surface area (Å²) in [4.78, 5) is 37.1. The molecule has 0 aromatic carbocycles. The maximum Gasteiger partial charge on any atom is 0.362 e. The zero-order chi connectivity index (χ0) is 47.0. The van der Waals surface area contributed by atoms with Gasteiger partial charge in [-0.25, -0.2) is 4.79 Å². The van der Waals surface area contributed by atoms with Gasteiger partial charge in [0.1, 0.15) is 6.61 Å². The molecule has 0 radical (unpaired) electrons. The van der Waals surface area contributed by atoms with Gasteiger partial charge in [0.2, 0.25) is 0 Å². The summed E-state index contributed by atoms with van der Waals surface area (Å²) in [5.74, 6) is -1.57. The minimum Gasteiger partial charge on any atom is -0.477 e. The van der Waals surface area contributed by atoms with Crippen LogP contribution in [0.2, 0.25) is 0 Å². The largest absolute Gasteiger partial charge is 0.477 e. The van der Waals surface area contributed by atoms with E-state index in [1.54, 1.807) is 0 Å². The van der Waals surface area contributed by atoms with Crippen LogP contribution in [-0.4, -0.2) is 80.6 Å². The zero-order valence-corrected chi connectivity index (χ0v) is 40.7. The molecule has 64 heavy (non-hydrogen) atoms. The molecule has 0 heterocycles. The highest BCUT2D eigenvalue weighted by molar-refractivity contribution is 5.72. The van der Waals surface area contributed by atoms with Crippen molar-refractivity contribution < 1.29 is 38.2 Å². The van der Waals surface area contributed by atoms with E-state index in [1.165, 1.54) is 25.7 Å². The predicted octanol–water partition coefficient (Wildman–Crippen LogP) is 14.0. The Bertz CT molecular complexity index is 1500. The molecule has 0 spiro atoms. The van der Waals surface area contributed by atoms with E-state index in [-0.39, 0.29) is 49.1 Å². The lowest BCUT2D eigenvalue weighted by molar-refractivity contribution is -0.887. The van der Waals surface area contributed by atoms with Gasteiger partial charge in [-0.3, -0.25) is 9.59 Å². The number of rotatable bonds is 41. The summed E-state index contributed by atoms with van der Waals surface area (Å²) in [7, 11) is 5.49. The molecule has 0 amide bonds. The van der Waals surface area contributed by atoms with Crippen LogP contribution in [0.15, 0.2) is 134 Å². The van der Waals surface area contributed by atoms with Gasteiger partial charge in [-0.2, -0.15) is 0 Å². The molecule has 0 saturated carbocycles. The van der Waals surface area contributed by atoms with Crippen LogP contribution in [0, 0.1) is 0 Å². The Labute approximate surface area is 390 Å². The Kier molecular flexibility index (Phi) is 41.9. The number of quaternary nitrogens is 1. The average Bonchev–Trinajstić information content (AvgIpc) is 3.26. The molecule has 8 nitrogen and oxygen atoms in total. The summed E-state index contributed by atoms with van der Waals surface area (Å²) in [5.41, 5.74) is 0. The van der Waals surface area contributed by atoms with Crippen LogP contribution >= 0.6 is 0 Å². The quantitative estimate of drug-likeness (QED) is 0.0215. The Balaban J connectivity index is 4.47. The fourth-order valence-electron chi connectivity index (χ4n) is 6.23. The van der Waals surface area contributed by atoms with Gasteiger partial charge in [-0.15, -0.1) is 0 Å². The van der Waals surface area contributed by atoms with Gasteiger partial charge in [-0.1, -0.05) is 186 Å². The number of carbonyl (C=O) groups excluding carboxylic acids is 2. The van der Waals surface area contributed by atoms with Crippen molar-refractivity contribution in [1.29, 1.82) is 0 Å². The Morgan fingerprint density at radius 3 is 1.45 bits per heavy atom. The number of unbranched alkanes of at least 4 members (excludes halogenated alkanes) is 11. The van der Waals surface area contributed by atoms with Crippen molar-refractivity contribution in [2.75, 3.05) is 41.0 Å². The van der Waals surface area contributed by atoms with Crippen LogP contribution in [0.3, 0.4) is 0 Å². The number of hydrogen-bond acceptors (Lipinski definition) is 6. The van der Waals surface area contributed by atoms with Gasteiger partial charge in [0, 0.05) is 19.3 Å². The second kappa shape index (κ2) is 45.1. The first-order valence-electron chi connectivity index (χ1n) is 24.3. The van der Waals surface area contributed by atoms with Gasteiger partial charge in [0.25, 0.3) is 0 Å². The number of nitrogens with zero attached hydrogens (tertiary/aromatic N) is 1. The zero-order valence-electron chi connectivity index (χ0n) is 40.7. The Morgan fingerprint density at radius 2 is 0.938 bits per heavy atom. The minimum atomic E-state index is -0.892. The standard InChI is InChI=1S/C56H87NO7/c1-6-8-10-12-14-16-18-20-22-24-26-27-29-31-33-35-37-39-41-43-45-47-55(59)64-52(50-62-49-48-53(56(60)61)57(3,4)5)51-63-54(58)46-44-42-40-38-36-34-32-30-28-25-23-21-19-17-15-13-11-9-7-2/h9,11,13-17,19-23,25-28,30-34,36,52-53H,6-8,10,12,18,24,29,35,37-51H2,1-5H3/p+1/b11-9+,15-13+,16-14+,19-17+,22-20+,23-21+,27-26+,28-25+,32-30+,33-31+,36-34+. The van der Waals surface area contributed by atoms with E-state index in [0.29, 0.717) is 12.8 Å². The fraction of sp³-hybridized carbons (Fsp3) is 0.554. The second-order valence-corrected chi connectivity index (χ2v) is 16.8. The molecule has 2 atom stereocenters. The number of esters is 2. The maximum absolute atomic E-state index is 12.8. The molecule has 0 aliphatic rings. The third kappa shape index (κ3) is 42.8. The number of aliphatic carboxylic acids is 1. The maximum atomic E-state index is 12.8. The van der Waals surface area contributed by atoms with Crippen LogP contribution < -0.4 is 0 Å². The number of likely N-dealkylation sites (N-methyl/N-ethyl adjacent to an activating group) is 1. The molecular formula is C56H88NO7+. The number of ether oxygens (including phenoxy) is 3. The third-order valence-electron chi connectivity index (χ3n) is 9.98. The van der Waals surface area contributed by atoms with Crippen molar-refractivity contribution in [2.24, 2.45) is 0 Å². The highest BCUT2D eigenvalue weighted by Crippen LogP contribution is 2.12. The summed E-state index contributed by atoms with van der Waals surface area (Å²) < 4.78 is 17.3. The lowest BCUT2D eigenvalue weighted by Gasteiger charge is -2.31. The van der Waals surface area contributed by atoms with E-state index in [2.05, 4.69) is 74.6 Å². The number of carboxylic acids is 1. The molecule has 0 saturated heterocycles. The molecule has 358 valence electrons. The molecular weight excluding hydrogens is 799 g/mol. The topological polar surface area (TPSA) is 99.1 Å². The van der Waals surface area contributed by atoms with Crippen LogP contribution in [-0.2, 0) is 28.6 Å². The fourth-order valence-corrected chi connectivity index (χ4v) is 6.23. The molecule has 2 unspecified atom stereocenters. The smallest absolute Gasteiger partial charge is 0.362 e. The average molecular weight is 887 g/mol. The molecule has 1 N–H and O–H groups in total. The van der Waals surface area contributed by atoms with E-state index in [1.807, 2.05) is 94.1 Å². The SMILES string of the molecule is CC/C=C/C=C/C=C/C=C/C=C/C=C/C=C/CCCCCC(=O)OCC(COCCC(C(=O)O)[N+](C)(C)C)OC(=O)CCCCCCC/C=C/C/C=C/C/C=C/C/C=C/CCCCC. The van der Waals surface area contributed by atoms with Crippen molar-refractivity contribution in [3.63, 3.8) is 0 Å². The van der Waals surface area contributed by atoms with Gasteiger partial charge in [0.15, 0.2) is 12.1 Å². The van der Waals surface area contributed by atoms with Crippen molar-refractivity contribution in [3.8, 4) is 0 Å². The van der Waals surface area contributed by atoms with E-state index in [9.17, 15) is 19.5 Å². The van der Waals surface area contributed by atoms with Crippen molar-refractivity contribution in [1.82, 2.24) is 0 Å². The predicted molar refractivity (Wildman–Crippen MR) is 270 cm³/mol. The van der Waals surface area contributed by atoms with Crippen molar-refractivity contribution in [2.45, 2.75) is 161 Å². The van der Waals surface area contributed by atoms with E-state index < -0.39 is 18.1 Å². The van der Waals surface area contributed by atoms with E-state index in [0.717, 1.165) is 83.5 Å². The Hall–Kier alpha value is -4.53. The monoisotopic (exact) mass is 887 g/mol. The van der Waals surface area contributed by atoms with Crippen LogP contribution in [0.1, 0.15) is 149 Å². The minimum absolute atomic E-state index is 0.0276. The van der Waals surface area contributed by atoms with Crippen LogP contribution in [0.4, 0.5) is 0 Å². The lowest BCUT2D eigenvalue weighted by Crippen LogP contribution is -2.50. The molecule has 0 aliphatic carbocycles. The highest BCUT2D eigenvalue weighted by atomic mass is 16.6. The van der Waals surface area contributed by atoms with Crippen LogP contribution in [0.25, 0.3) is 0 Å². The summed E-state index contributed by atoms with van der Waals surface area (Å²) >= 11 is 0. The van der Waals surface area contributed by atoms with Gasteiger partial charge >= 0.3 is 17.9 Å². The van der Waals surface area contributed by atoms with E-state index >= 15 is 0 Å². The normalized spacial score (nSPS) is 14.1. The molecule has 0 bridgehead atoms. The molecule has 0 fully saturated rings.